The fourth-order valence-corrected chi connectivity index (χ4v) is 3.32. The van der Waals surface area contributed by atoms with Gasteiger partial charge in [0.2, 0.25) is 0 Å². The Hall–Kier alpha value is -1.91. The number of nitrogens with zero attached hydrogens (tertiary/aromatic N) is 1. The van der Waals surface area contributed by atoms with E-state index in [0.29, 0.717) is 6.61 Å². The van der Waals surface area contributed by atoms with Gasteiger partial charge in [-0.1, -0.05) is 30.0 Å². The average Bonchev–Trinajstić information content (AvgIpc) is 2.64. The molecule has 2 aromatic rings. The maximum Gasteiger partial charge on any atom is 0.128 e. The number of phenolic OH excluding ortho intramolecular Hbond substituents is 1. The molecule has 1 N–H and O–H groups in total. The van der Waals surface area contributed by atoms with E-state index in [-0.39, 0.29) is 5.75 Å². The lowest BCUT2D eigenvalue weighted by Gasteiger charge is -2.15. The molecule has 114 valence electrons. The SMILES string of the molecule is CN(C)CCOC1=Cc2ccccc2Sc2ccc(O)cc21. The molecule has 1 heterocycles. The second-order valence-corrected chi connectivity index (χ2v) is 6.56. The van der Waals surface area contributed by atoms with Crippen LogP contribution in [0.2, 0.25) is 0 Å². The molecular formula is C18H19NO2S. The maximum absolute atomic E-state index is 9.83. The normalized spacial score (nSPS) is 13.1. The minimum absolute atomic E-state index is 0.257. The first-order valence-electron chi connectivity index (χ1n) is 7.23. The maximum atomic E-state index is 9.83. The van der Waals surface area contributed by atoms with Gasteiger partial charge in [0.25, 0.3) is 0 Å². The number of likely N-dealkylation sites (N-methyl/N-ethyl adjacent to an activating group) is 1. The Morgan fingerprint density at radius 2 is 1.91 bits per heavy atom. The Morgan fingerprint density at radius 1 is 1.09 bits per heavy atom. The van der Waals surface area contributed by atoms with Crippen LogP contribution in [0.15, 0.2) is 52.3 Å². The number of benzene rings is 2. The summed E-state index contributed by atoms with van der Waals surface area (Å²) < 4.78 is 6.01. The van der Waals surface area contributed by atoms with Crippen molar-refractivity contribution in [1.29, 1.82) is 0 Å². The molecule has 3 rings (SSSR count). The van der Waals surface area contributed by atoms with Crippen molar-refractivity contribution in [3.05, 3.63) is 53.6 Å². The first-order chi connectivity index (χ1) is 10.6. The molecule has 2 aromatic carbocycles. The first-order valence-corrected chi connectivity index (χ1v) is 8.04. The van der Waals surface area contributed by atoms with Gasteiger partial charge in [-0.15, -0.1) is 0 Å². The molecule has 0 amide bonds. The van der Waals surface area contributed by atoms with Crippen molar-refractivity contribution in [3.8, 4) is 5.75 Å². The Bertz CT molecular complexity index is 710. The number of aromatic hydroxyl groups is 1. The fraction of sp³-hybridized carbons (Fsp3) is 0.222. The van der Waals surface area contributed by atoms with Gasteiger partial charge in [-0.3, -0.25) is 0 Å². The molecule has 0 unspecified atom stereocenters. The zero-order valence-corrected chi connectivity index (χ0v) is 13.6. The van der Waals surface area contributed by atoms with Crippen LogP contribution in [0.3, 0.4) is 0 Å². The average molecular weight is 313 g/mol. The zero-order chi connectivity index (χ0) is 15.5. The molecule has 0 saturated heterocycles. The Kier molecular flexibility index (Phi) is 4.41. The van der Waals surface area contributed by atoms with E-state index in [1.165, 1.54) is 4.90 Å². The van der Waals surface area contributed by atoms with Crippen LogP contribution in [0.25, 0.3) is 11.8 Å². The topological polar surface area (TPSA) is 32.7 Å². The van der Waals surface area contributed by atoms with E-state index < -0.39 is 0 Å². The summed E-state index contributed by atoms with van der Waals surface area (Å²) in [7, 11) is 4.05. The molecule has 4 heteroatoms. The number of phenols is 1. The second-order valence-electron chi connectivity index (χ2n) is 5.48. The van der Waals surface area contributed by atoms with E-state index in [2.05, 4.69) is 23.1 Å². The highest BCUT2D eigenvalue weighted by atomic mass is 32.2. The molecule has 1 aliphatic rings. The van der Waals surface area contributed by atoms with Crippen LogP contribution in [-0.2, 0) is 4.74 Å². The largest absolute Gasteiger partial charge is 0.508 e. The third-order valence-corrected chi connectivity index (χ3v) is 4.62. The molecule has 0 radical (unpaired) electrons. The Labute approximate surface area is 135 Å². The van der Waals surface area contributed by atoms with Crippen LogP contribution in [0, 0.1) is 0 Å². The van der Waals surface area contributed by atoms with Gasteiger partial charge in [0.1, 0.15) is 18.1 Å². The number of hydrogen-bond acceptors (Lipinski definition) is 4. The third kappa shape index (κ3) is 3.29. The van der Waals surface area contributed by atoms with E-state index in [0.717, 1.165) is 28.3 Å². The van der Waals surface area contributed by atoms with E-state index >= 15 is 0 Å². The van der Waals surface area contributed by atoms with Crippen LogP contribution in [0.4, 0.5) is 0 Å². The number of ether oxygens (including phenoxy) is 1. The van der Waals surface area contributed by atoms with Gasteiger partial charge in [0.15, 0.2) is 0 Å². The quantitative estimate of drug-likeness (QED) is 0.927. The van der Waals surface area contributed by atoms with E-state index in [9.17, 15) is 5.11 Å². The lowest BCUT2D eigenvalue weighted by molar-refractivity contribution is 0.233. The van der Waals surface area contributed by atoms with Crippen molar-refractivity contribution in [2.24, 2.45) is 0 Å². The minimum Gasteiger partial charge on any atom is -0.508 e. The number of fused-ring (bicyclic) bond motifs is 2. The van der Waals surface area contributed by atoms with Gasteiger partial charge in [-0.05, 0) is 50.0 Å². The molecular weight excluding hydrogens is 294 g/mol. The summed E-state index contributed by atoms with van der Waals surface area (Å²) in [4.78, 5) is 4.38. The lowest BCUT2D eigenvalue weighted by atomic mass is 10.1. The van der Waals surface area contributed by atoms with E-state index in [1.54, 1.807) is 23.9 Å². The molecule has 0 bridgehead atoms. The third-order valence-electron chi connectivity index (χ3n) is 3.45. The second kappa shape index (κ2) is 6.46. The van der Waals surface area contributed by atoms with Crippen LogP contribution in [-0.4, -0.2) is 37.3 Å². The summed E-state index contributed by atoms with van der Waals surface area (Å²) in [5, 5.41) is 9.83. The summed E-state index contributed by atoms with van der Waals surface area (Å²) in [6, 6.07) is 13.7. The van der Waals surface area contributed by atoms with Crippen molar-refractivity contribution in [2.45, 2.75) is 9.79 Å². The molecule has 0 aliphatic carbocycles. The predicted molar refractivity (Wildman–Crippen MR) is 91.0 cm³/mol. The van der Waals surface area contributed by atoms with Gasteiger partial charge >= 0.3 is 0 Å². The molecule has 0 saturated carbocycles. The van der Waals surface area contributed by atoms with Crippen molar-refractivity contribution in [3.63, 3.8) is 0 Å². The van der Waals surface area contributed by atoms with Crippen molar-refractivity contribution < 1.29 is 9.84 Å². The predicted octanol–water partition coefficient (Wildman–Crippen LogP) is 3.93. The highest BCUT2D eigenvalue weighted by Gasteiger charge is 2.17. The minimum atomic E-state index is 0.257. The summed E-state index contributed by atoms with van der Waals surface area (Å²) in [5.41, 5.74) is 2.09. The van der Waals surface area contributed by atoms with Crippen molar-refractivity contribution >= 4 is 23.6 Å². The highest BCUT2D eigenvalue weighted by Crippen LogP contribution is 2.41. The number of hydrogen-bond donors (Lipinski definition) is 1. The molecule has 0 spiro atoms. The zero-order valence-electron chi connectivity index (χ0n) is 12.7. The van der Waals surface area contributed by atoms with E-state index in [1.807, 2.05) is 32.3 Å². The molecule has 1 aliphatic heterocycles. The Balaban J connectivity index is 2.00. The molecule has 0 atom stereocenters. The fourth-order valence-electron chi connectivity index (χ4n) is 2.29. The molecule has 3 nitrogen and oxygen atoms in total. The standard InChI is InChI=1S/C18H19NO2S/c1-19(2)9-10-21-16-11-13-5-3-4-6-17(13)22-18-8-7-14(20)12-15(16)18/h3-8,11-12,20H,9-10H2,1-2H3. The lowest BCUT2D eigenvalue weighted by Crippen LogP contribution is -2.17. The molecule has 0 aromatic heterocycles. The van der Waals surface area contributed by atoms with Gasteiger partial charge in [-0.2, -0.15) is 0 Å². The van der Waals surface area contributed by atoms with Gasteiger partial charge in [0.05, 0.1) is 0 Å². The van der Waals surface area contributed by atoms with Gasteiger partial charge in [-0.25, -0.2) is 0 Å². The summed E-state index contributed by atoms with van der Waals surface area (Å²) in [6.07, 6.45) is 2.06. The first kappa shape index (κ1) is 15.0. The van der Waals surface area contributed by atoms with Crippen molar-refractivity contribution in [2.75, 3.05) is 27.2 Å². The molecule has 22 heavy (non-hydrogen) atoms. The van der Waals surface area contributed by atoms with E-state index in [4.69, 9.17) is 4.74 Å². The summed E-state index contributed by atoms with van der Waals surface area (Å²) >= 11 is 1.70. The van der Waals surface area contributed by atoms with Crippen LogP contribution in [0.1, 0.15) is 11.1 Å². The molecule has 0 fully saturated rings. The monoisotopic (exact) mass is 313 g/mol. The summed E-state index contributed by atoms with van der Waals surface area (Å²) in [6.45, 7) is 1.46. The Morgan fingerprint density at radius 3 is 2.73 bits per heavy atom. The van der Waals surface area contributed by atoms with Crippen LogP contribution < -0.4 is 0 Å². The smallest absolute Gasteiger partial charge is 0.128 e. The van der Waals surface area contributed by atoms with Gasteiger partial charge < -0.3 is 14.7 Å². The number of rotatable bonds is 4. The highest BCUT2D eigenvalue weighted by molar-refractivity contribution is 7.99. The van der Waals surface area contributed by atoms with Gasteiger partial charge in [0, 0.05) is 21.9 Å². The van der Waals surface area contributed by atoms with Crippen molar-refractivity contribution in [1.82, 2.24) is 4.90 Å². The summed E-state index contributed by atoms with van der Waals surface area (Å²) in [5.74, 6) is 1.07. The van der Waals surface area contributed by atoms with Crippen LogP contribution in [0.5, 0.6) is 5.75 Å². The van der Waals surface area contributed by atoms with Crippen LogP contribution >= 0.6 is 11.8 Å².